The van der Waals surface area contributed by atoms with Crippen LogP contribution < -0.4 is 0 Å². The average Bonchev–Trinajstić information content (AvgIpc) is 3.06. The molecule has 1 saturated heterocycles. The minimum atomic E-state index is 0. The second-order valence-electron chi connectivity index (χ2n) is 8.09. The summed E-state index contributed by atoms with van der Waals surface area (Å²) in [4.78, 5) is 17.7. The van der Waals surface area contributed by atoms with Gasteiger partial charge in [0.15, 0.2) is 0 Å². The molecule has 4 rings (SSSR count). The highest BCUT2D eigenvalue weighted by molar-refractivity contribution is 9.10. The molecular weight excluding hydrogens is 438 g/mol. The molecule has 4 nitrogen and oxygen atoms in total. The van der Waals surface area contributed by atoms with E-state index in [1.165, 1.54) is 37.6 Å². The van der Waals surface area contributed by atoms with Crippen molar-refractivity contribution in [1.29, 1.82) is 0 Å². The van der Waals surface area contributed by atoms with Gasteiger partial charge in [-0.15, -0.1) is 12.4 Å². The SMILES string of the molecule is CCN1CCN(C(=O)c2cn(CC3CCCCC3)c3cc(Br)ccc23)CC1.Cl. The van der Waals surface area contributed by atoms with Crippen LogP contribution in [-0.4, -0.2) is 53.0 Å². The third-order valence-corrected chi connectivity index (χ3v) is 6.85. The maximum atomic E-state index is 13.3. The first-order chi connectivity index (χ1) is 13.2. The average molecular weight is 469 g/mol. The lowest BCUT2D eigenvalue weighted by atomic mass is 9.89. The zero-order valence-corrected chi connectivity index (χ0v) is 19.1. The Bertz CT molecular complexity index is 807. The van der Waals surface area contributed by atoms with Crippen molar-refractivity contribution < 1.29 is 4.79 Å². The maximum absolute atomic E-state index is 13.3. The van der Waals surface area contributed by atoms with E-state index in [-0.39, 0.29) is 18.3 Å². The highest BCUT2D eigenvalue weighted by Gasteiger charge is 2.25. The minimum absolute atomic E-state index is 0. The van der Waals surface area contributed by atoms with Crippen molar-refractivity contribution in [3.05, 3.63) is 34.4 Å². The van der Waals surface area contributed by atoms with Crippen LogP contribution in [-0.2, 0) is 6.54 Å². The minimum Gasteiger partial charge on any atom is -0.346 e. The summed E-state index contributed by atoms with van der Waals surface area (Å²) in [7, 11) is 0. The molecule has 1 aromatic heterocycles. The Morgan fingerprint density at radius 1 is 1.11 bits per heavy atom. The lowest BCUT2D eigenvalue weighted by Gasteiger charge is -2.34. The van der Waals surface area contributed by atoms with Gasteiger partial charge in [-0.1, -0.05) is 48.2 Å². The number of carbonyl (C=O) groups is 1. The van der Waals surface area contributed by atoms with Crippen LogP contribution in [0.3, 0.4) is 0 Å². The molecule has 1 saturated carbocycles. The Hall–Kier alpha value is -1.04. The van der Waals surface area contributed by atoms with Crippen LogP contribution in [0.4, 0.5) is 0 Å². The molecule has 6 heteroatoms. The summed E-state index contributed by atoms with van der Waals surface area (Å²) in [6, 6.07) is 6.33. The third-order valence-electron chi connectivity index (χ3n) is 6.36. The van der Waals surface area contributed by atoms with Crippen LogP contribution in [0.25, 0.3) is 10.9 Å². The first-order valence-electron chi connectivity index (χ1n) is 10.5. The molecule has 2 fully saturated rings. The standard InChI is InChI=1S/C22H30BrN3O.ClH/c1-2-24-10-12-25(13-11-24)22(27)20-16-26(15-17-6-4-3-5-7-17)21-14-18(23)8-9-19(20)21;/h8-9,14,16-17H,2-7,10-13,15H2,1H3;1H. The molecule has 0 spiro atoms. The summed E-state index contributed by atoms with van der Waals surface area (Å²) in [6.45, 7) is 7.91. The first kappa shape index (κ1) is 21.7. The van der Waals surface area contributed by atoms with Crippen molar-refractivity contribution in [2.45, 2.75) is 45.6 Å². The fourth-order valence-electron chi connectivity index (χ4n) is 4.67. The molecule has 1 amide bonds. The normalized spacial score (nSPS) is 19.0. The highest BCUT2D eigenvalue weighted by Crippen LogP contribution is 2.30. The Balaban J connectivity index is 0.00000225. The second kappa shape index (κ2) is 9.64. The summed E-state index contributed by atoms with van der Waals surface area (Å²) in [5.74, 6) is 0.935. The molecule has 2 heterocycles. The van der Waals surface area contributed by atoms with Crippen molar-refractivity contribution in [1.82, 2.24) is 14.4 Å². The fraction of sp³-hybridized carbons (Fsp3) is 0.591. The smallest absolute Gasteiger partial charge is 0.256 e. The second-order valence-corrected chi connectivity index (χ2v) is 9.00. The summed E-state index contributed by atoms with van der Waals surface area (Å²) < 4.78 is 3.42. The van der Waals surface area contributed by atoms with Gasteiger partial charge in [0.05, 0.1) is 5.56 Å². The number of fused-ring (bicyclic) bond motifs is 1. The van der Waals surface area contributed by atoms with Crippen LogP contribution in [0.1, 0.15) is 49.4 Å². The van der Waals surface area contributed by atoms with Crippen LogP contribution in [0, 0.1) is 5.92 Å². The number of likely N-dealkylation sites (N-methyl/N-ethyl adjacent to an activating group) is 1. The van der Waals surface area contributed by atoms with Crippen LogP contribution in [0.5, 0.6) is 0 Å². The number of benzene rings is 1. The molecule has 1 aliphatic carbocycles. The van der Waals surface area contributed by atoms with Crippen LogP contribution in [0.2, 0.25) is 0 Å². The summed E-state index contributed by atoms with van der Waals surface area (Å²) in [5, 5.41) is 1.09. The van der Waals surface area contributed by atoms with Gasteiger partial charge in [-0.25, -0.2) is 0 Å². The number of piperazine rings is 1. The molecule has 1 aliphatic heterocycles. The fourth-order valence-corrected chi connectivity index (χ4v) is 5.02. The van der Waals surface area contributed by atoms with E-state index in [2.05, 4.69) is 56.7 Å². The van der Waals surface area contributed by atoms with E-state index in [1.54, 1.807) is 0 Å². The molecular formula is C22H31BrClN3O. The molecule has 0 atom stereocenters. The zero-order valence-electron chi connectivity index (χ0n) is 16.7. The number of amides is 1. The summed E-state index contributed by atoms with van der Waals surface area (Å²) in [5.41, 5.74) is 2.06. The number of nitrogens with zero attached hydrogens (tertiary/aromatic N) is 3. The lowest BCUT2D eigenvalue weighted by Crippen LogP contribution is -2.48. The predicted octanol–water partition coefficient (Wildman–Crippen LogP) is 5.18. The number of carbonyl (C=O) groups excluding carboxylic acids is 1. The summed E-state index contributed by atoms with van der Waals surface area (Å²) in [6.07, 6.45) is 8.83. The molecule has 2 aromatic rings. The Morgan fingerprint density at radius 2 is 1.82 bits per heavy atom. The number of halogens is 2. The van der Waals surface area contributed by atoms with E-state index in [0.717, 1.165) is 60.6 Å². The molecule has 0 unspecified atom stereocenters. The lowest BCUT2D eigenvalue weighted by molar-refractivity contribution is 0.0645. The zero-order chi connectivity index (χ0) is 18.8. The van der Waals surface area contributed by atoms with Gasteiger partial charge >= 0.3 is 0 Å². The molecule has 28 heavy (non-hydrogen) atoms. The monoisotopic (exact) mass is 467 g/mol. The van der Waals surface area contributed by atoms with Crippen molar-refractivity contribution in [2.24, 2.45) is 5.92 Å². The van der Waals surface area contributed by atoms with Crippen LogP contribution >= 0.6 is 28.3 Å². The number of hydrogen-bond acceptors (Lipinski definition) is 2. The number of rotatable bonds is 4. The molecule has 1 aromatic carbocycles. The van der Waals surface area contributed by atoms with Crippen molar-refractivity contribution in [3.63, 3.8) is 0 Å². The Morgan fingerprint density at radius 3 is 2.50 bits per heavy atom. The number of hydrogen-bond donors (Lipinski definition) is 0. The van der Waals surface area contributed by atoms with E-state index in [1.807, 2.05) is 4.90 Å². The van der Waals surface area contributed by atoms with Gasteiger partial charge in [0.2, 0.25) is 0 Å². The number of aromatic nitrogens is 1. The molecule has 0 radical (unpaired) electrons. The highest BCUT2D eigenvalue weighted by atomic mass is 79.9. The van der Waals surface area contributed by atoms with Gasteiger partial charge in [0.1, 0.15) is 0 Å². The van der Waals surface area contributed by atoms with E-state index in [0.29, 0.717) is 0 Å². The van der Waals surface area contributed by atoms with E-state index < -0.39 is 0 Å². The van der Waals surface area contributed by atoms with E-state index >= 15 is 0 Å². The van der Waals surface area contributed by atoms with Gasteiger partial charge in [-0.3, -0.25) is 4.79 Å². The molecule has 0 N–H and O–H groups in total. The van der Waals surface area contributed by atoms with Gasteiger partial charge in [0.25, 0.3) is 5.91 Å². The Labute approximate surface area is 182 Å². The largest absolute Gasteiger partial charge is 0.346 e. The quantitative estimate of drug-likeness (QED) is 0.618. The maximum Gasteiger partial charge on any atom is 0.256 e. The van der Waals surface area contributed by atoms with Gasteiger partial charge < -0.3 is 14.4 Å². The molecule has 2 aliphatic rings. The Kier molecular flexibility index (Phi) is 7.46. The summed E-state index contributed by atoms with van der Waals surface area (Å²) >= 11 is 3.62. The van der Waals surface area contributed by atoms with Gasteiger partial charge in [-0.05, 0) is 37.4 Å². The van der Waals surface area contributed by atoms with Gasteiger partial charge in [0, 0.05) is 54.3 Å². The first-order valence-corrected chi connectivity index (χ1v) is 11.2. The van der Waals surface area contributed by atoms with Gasteiger partial charge in [-0.2, -0.15) is 0 Å². The topological polar surface area (TPSA) is 28.5 Å². The molecule has 154 valence electrons. The van der Waals surface area contributed by atoms with Crippen LogP contribution in [0.15, 0.2) is 28.9 Å². The third kappa shape index (κ3) is 4.58. The van der Waals surface area contributed by atoms with Crippen molar-refractivity contribution in [2.75, 3.05) is 32.7 Å². The van der Waals surface area contributed by atoms with Crippen molar-refractivity contribution >= 4 is 45.1 Å². The van der Waals surface area contributed by atoms with E-state index in [4.69, 9.17) is 0 Å². The van der Waals surface area contributed by atoms with E-state index in [9.17, 15) is 4.79 Å². The van der Waals surface area contributed by atoms with Crippen molar-refractivity contribution in [3.8, 4) is 0 Å². The molecule has 0 bridgehead atoms. The predicted molar refractivity (Wildman–Crippen MR) is 121 cm³/mol.